The molecule has 0 spiro atoms. The Kier molecular flexibility index (Phi) is 6.69. The third kappa shape index (κ3) is 5.56. The first-order valence-corrected chi connectivity index (χ1v) is 10.6. The van der Waals surface area contributed by atoms with E-state index in [-0.39, 0.29) is 41.5 Å². The van der Waals surface area contributed by atoms with Crippen LogP contribution in [0, 0.1) is 23.3 Å². The van der Waals surface area contributed by atoms with Crippen LogP contribution in [0.2, 0.25) is 0 Å². The molecule has 0 fully saturated rings. The van der Waals surface area contributed by atoms with Crippen LogP contribution in [0.25, 0.3) is 10.6 Å². The lowest BCUT2D eigenvalue weighted by molar-refractivity contribution is 0.0946. The highest BCUT2D eigenvalue weighted by atomic mass is 32.1. The Morgan fingerprint density at radius 2 is 1.67 bits per heavy atom. The zero-order valence-corrected chi connectivity index (χ0v) is 17.8. The summed E-state index contributed by atoms with van der Waals surface area (Å²) in [4.78, 5) is 16.5. The van der Waals surface area contributed by atoms with Gasteiger partial charge in [0.1, 0.15) is 46.3 Å². The quantitative estimate of drug-likeness (QED) is 0.342. The van der Waals surface area contributed by atoms with Gasteiger partial charge < -0.3 is 10.1 Å². The van der Waals surface area contributed by atoms with Crippen LogP contribution in [-0.4, -0.2) is 10.9 Å². The Morgan fingerprint density at radius 3 is 2.39 bits per heavy atom. The molecule has 4 nitrogen and oxygen atoms in total. The summed E-state index contributed by atoms with van der Waals surface area (Å²) in [6.07, 6.45) is 0. The van der Waals surface area contributed by atoms with E-state index in [1.807, 2.05) is 0 Å². The minimum atomic E-state index is -0.750. The number of hydrogen-bond acceptors (Lipinski definition) is 4. The van der Waals surface area contributed by atoms with Gasteiger partial charge in [-0.25, -0.2) is 22.5 Å². The van der Waals surface area contributed by atoms with Gasteiger partial charge in [-0.05, 0) is 42.0 Å². The molecule has 0 aliphatic carbocycles. The highest BCUT2D eigenvalue weighted by Crippen LogP contribution is 2.29. The number of rotatable bonds is 7. The van der Waals surface area contributed by atoms with Crippen molar-refractivity contribution < 1.29 is 27.1 Å². The zero-order valence-electron chi connectivity index (χ0n) is 16.9. The monoisotopic (exact) mass is 472 g/mol. The Hall–Kier alpha value is -3.72. The topological polar surface area (TPSA) is 51.2 Å². The number of halogens is 4. The van der Waals surface area contributed by atoms with Crippen molar-refractivity contribution in [2.45, 2.75) is 13.2 Å². The van der Waals surface area contributed by atoms with Gasteiger partial charge in [0.2, 0.25) is 0 Å². The van der Waals surface area contributed by atoms with Crippen LogP contribution in [0.3, 0.4) is 0 Å². The number of nitrogens with one attached hydrogen (secondary N) is 1. The van der Waals surface area contributed by atoms with E-state index >= 15 is 0 Å². The fourth-order valence-corrected chi connectivity index (χ4v) is 3.76. The number of hydrogen-bond donors (Lipinski definition) is 1. The molecule has 0 atom stereocenters. The molecule has 4 rings (SSSR count). The van der Waals surface area contributed by atoms with Gasteiger partial charge in [-0.15, -0.1) is 11.3 Å². The molecule has 0 aliphatic heterocycles. The van der Waals surface area contributed by atoms with Crippen molar-refractivity contribution in [3.63, 3.8) is 0 Å². The molecular weight excluding hydrogens is 456 g/mol. The van der Waals surface area contributed by atoms with Crippen molar-refractivity contribution in [1.29, 1.82) is 0 Å². The minimum Gasteiger partial charge on any atom is -0.489 e. The van der Waals surface area contributed by atoms with E-state index in [0.717, 1.165) is 35.1 Å². The maximum atomic E-state index is 14.6. The summed E-state index contributed by atoms with van der Waals surface area (Å²) in [5, 5.41) is 4.49. The lowest BCUT2D eigenvalue weighted by Crippen LogP contribution is -2.23. The summed E-state index contributed by atoms with van der Waals surface area (Å²) >= 11 is 1.10. The smallest absolute Gasteiger partial charge is 0.271 e. The van der Waals surface area contributed by atoms with Crippen LogP contribution >= 0.6 is 11.3 Å². The first-order valence-electron chi connectivity index (χ1n) is 9.74. The van der Waals surface area contributed by atoms with Gasteiger partial charge in [-0.1, -0.05) is 12.1 Å². The summed E-state index contributed by atoms with van der Waals surface area (Å²) in [5.74, 6) is -2.72. The molecule has 168 valence electrons. The number of amides is 1. The fourth-order valence-electron chi connectivity index (χ4n) is 2.94. The van der Waals surface area contributed by atoms with Crippen molar-refractivity contribution in [1.82, 2.24) is 10.3 Å². The van der Waals surface area contributed by atoms with Crippen LogP contribution in [0.15, 0.2) is 66.0 Å². The molecule has 0 saturated carbocycles. The number of carbonyl (C=O) groups is 1. The van der Waals surface area contributed by atoms with Gasteiger partial charge in [-0.2, -0.15) is 0 Å². The van der Waals surface area contributed by atoms with E-state index in [4.69, 9.17) is 4.74 Å². The van der Waals surface area contributed by atoms with E-state index in [2.05, 4.69) is 10.3 Å². The second-order valence-corrected chi connectivity index (χ2v) is 7.87. The highest BCUT2D eigenvalue weighted by molar-refractivity contribution is 7.13. The van der Waals surface area contributed by atoms with Crippen molar-refractivity contribution in [2.75, 3.05) is 0 Å². The van der Waals surface area contributed by atoms with E-state index in [1.165, 1.54) is 35.7 Å². The molecule has 33 heavy (non-hydrogen) atoms. The summed E-state index contributed by atoms with van der Waals surface area (Å²) < 4.78 is 59.7. The average molecular weight is 472 g/mol. The first kappa shape index (κ1) is 22.5. The van der Waals surface area contributed by atoms with Crippen molar-refractivity contribution >= 4 is 17.2 Å². The number of thiazole rings is 1. The summed E-state index contributed by atoms with van der Waals surface area (Å²) in [7, 11) is 0. The third-order valence-electron chi connectivity index (χ3n) is 4.68. The summed E-state index contributed by atoms with van der Waals surface area (Å²) in [6, 6.07) is 12.9. The molecule has 0 bridgehead atoms. The highest BCUT2D eigenvalue weighted by Gasteiger charge is 2.15. The van der Waals surface area contributed by atoms with Gasteiger partial charge in [0, 0.05) is 35.2 Å². The van der Waals surface area contributed by atoms with Crippen LogP contribution < -0.4 is 10.1 Å². The lowest BCUT2D eigenvalue weighted by atomic mass is 10.2. The standard InChI is InChI=1S/C24H16F4N2O2S/c25-16-4-1-14(2-5-16)11-29-23(31)22-13-33-24(30-22)19-8-7-18(10-21(19)28)32-12-15-3-6-17(26)9-20(15)27/h1-10,13H,11-12H2,(H,29,31). The van der Waals surface area contributed by atoms with Crippen LogP contribution in [0.4, 0.5) is 17.6 Å². The van der Waals surface area contributed by atoms with Gasteiger partial charge in [0.05, 0.1) is 0 Å². The number of ether oxygens (including phenoxy) is 1. The zero-order chi connectivity index (χ0) is 23.4. The molecule has 4 aromatic rings. The van der Waals surface area contributed by atoms with E-state index in [9.17, 15) is 22.4 Å². The van der Waals surface area contributed by atoms with E-state index < -0.39 is 23.4 Å². The molecule has 3 aromatic carbocycles. The molecule has 0 aliphatic rings. The fraction of sp³-hybridized carbons (Fsp3) is 0.0833. The normalized spacial score (nSPS) is 10.8. The van der Waals surface area contributed by atoms with Gasteiger partial charge in [0.25, 0.3) is 5.91 Å². The number of benzene rings is 3. The maximum absolute atomic E-state index is 14.6. The molecule has 1 N–H and O–H groups in total. The molecule has 1 heterocycles. The van der Waals surface area contributed by atoms with Crippen molar-refractivity contribution in [2.24, 2.45) is 0 Å². The molecule has 0 saturated heterocycles. The van der Waals surface area contributed by atoms with E-state index in [1.54, 1.807) is 12.1 Å². The Labute approximate surface area is 190 Å². The summed E-state index contributed by atoms with van der Waals surface area (Å²) in [6.45, 7) is 0.00153. The van der Waals surface area contributed by atoms with E-state index in [0.29, 0.717) is 5.01 Å². The van der Waals surface area contributed by atoms with Crippen molar-refractivity contribution in [3.8, 4) is 16.3 Å². The third-order valence-corrected chi connectivity index (χ3v) is 5.56. The number of carbonyl (C=O) groups excluding carboxylic acids is 1. The van der Waals surface area contributed by atoms with Crippen LogP contribution in [-0.2, 0) is 13.2 Å². The number of aromatic nitrogens is 1. The van der Waals surface area contributed by atoms with Gasteiger partial charge in [-0.3, -0.25) is 4.79 Å². The van der Waals surface area contributed by atoms with Crippen LogP contribution in [0.1, 0.15) is 21.6 Å². The van der Waals surface area contributed by atoms with Crippen LogP contribution in [0.5, 0.6) is 5.75 Å². The molecule has 1 aromatic heterocycles. The molecular formula is C24H16F4N2O2S. The predicted octanol–water partition coefficient (Wildman–Crippen LogP) is 5.88. The largest absolute Gasteiger partial charge is 0.489 e. The summed E-state index contributed by atoms with van der Waals surface area (Å²) in [5.41, 5.74) is 1.17. The maximum Gasteiger partial charge on any atom is 0.271 e. The minimum absolute atomic E-state index is 0.128. The number of nitrogens with zero attached hydrogens (tertiary/aromatic N) is 1. The Balaban J connectivity index is 1.40. The predicted molar refractivity (Wildman–Crippen MR) is 116 cm³/mol. The van der Waals surface area contributed by atoms with Crippen molar-refractivity contribution in [3.05, 3.63) is 106 Å². The average Bonchev–Trinajstić information content (AvgIpc) is 3.28. The first-order chi connectivity index (χ1) is 15.9. The Morgan fingerprint density at radius 1 is 0.909 bits per heavy atom. The van der Waals surface area contributed by atoms with Gasteiger partial charge >= 0.3 is 0 Å². The molecule has 9 heteroatoms. The Bertz CT molecular complexity index is 1290. The van der Waals surface area contributed by atoms with Gasteiger partial charge in [0.15, 0.2) is 0 Å². The second kappa shape index (κ2) is 9.83. The second-order valence-electron chi connectivity index (χ2n) is 7.01. The SMILES string of the molecule is O=C(NCc1ccc(F)cc1)c1csc(-c2ccc(OCc3ccc(F)cc3F)cc2F)n1. The molecule has 1 amide bonds. The molecule has 0 radical (unpaired) electrons. The molecule has 0 unspecified atom stereocenters. The lowest BCUT2D eigenvalue weighted by Gasteiger charge is -2.08.